The molecule has 7 nitrogen and oxygen atoms in total. The minimum absolute atomic E-state index is 0.551. The first-order chi connectivity index (χ1) is 14.7. The number of likely N-dealkylation sites (tertiary alicyclic amines) is 1. The highest BCUT2D eigenvalue weighted by Crippen LogP contribution is 2.21. The molecular formula is C23H28N6O. The second-order valence-electron chi connectivity index (χ2n) is 7.53. The van der Waals surface area contributed by atoms with Crippen molar-refractivity contribution in [2.24, 2.45) is 10.9 Å². The monoisotopic (exact) mass is 404 g/mol. The van der Waals surface area contributed by atoms with Crippen LogP contribution in [0.2, 0.25) is 0 Å². The third kappa shape index (κ3) is 4.79. The second kappa shape index (κ2) is 9.43. The summed E-state index contributed by atoms with van der Waals surface area (Å²) >= 11 is 0. The van der Waals surface area contributed by atoms with Crippen molar-refractivity contribution in [1.82, 2.24) is 25.4 Å². The van der Waals surface area contributed by atoms with E-state index in [1.807, 2.05) is 31.3 Å². The largest absolute Gasteiger partial charge is 0.497 e. The molecule has 0 saturated carbocycles. The van der Waals surface area contributed by atoms with Gasteiger partial charge in [0.25, 0.3) is 0 Å². The Morgan fingerprint density at radius 2 is 2.00 bits per heavy atom. The van der Waals surface area contributed by atoms with E-state index in [1.54, 1.807) is 7.11 Å². The molecule has 1 aromatic heterocycles. The number of nitrogens with one attached hydrogen (secondary N) is 2. The number of ether oxygens (including phenoxy) is 1. The zero-order chi connectivity index (χ0) is 20.8. The van der Waals surface area contributed by atoms with Crippen molar-refractivity contribution < 1.29 is 4.74 Å². The van der Waals surface area contributed by atoms with Crippen LogP contribution in [0.4, 0.5) is 0 Å². The molecule has 1 aliphatic heterocycles. The number of nitrogens with zero attached hydrogens (tertiary/aromatic N) is 4. The summed E-state index contributed by atoms with van der Waals surface area (Å²) in [4.78, 5) is 11.4. The summed E-state index contributed by atoms with van der Waals surface area (Å²) in [5.41, 5.74) is 2.35. The maximum atomic E-state index is 5.20. The first-order valence-electron chi connectivity index (χ1n) is 10.3. The van der Waals surface area contributed by atoms with Crippen LogP contribution in [0.15, 0.2) is 59.6 Å². The van der Waals surface area contributed by atoms with E-state index in [1.165, 1.54) is 12.0 Å². The molecule has 1 atom stereocenters. The molecule has 156 valence electrons. The van der Waals surface area contributed by atoms with Crippen LogP contribution in [0.3, 0.4) is 0 Å². The Balaban J connectivity index is 1.31. The van der Waals surface area contributed by atoms with Crippen LogP contribution < -0.4 is 10.1 Å². The molecule has 7 heteroatoms. The summed E-state index contributed by atoms with van der Waals surface area (Å²) < 4.78 is 5.20. The number of methoxy groups -OCH3 is 1. The van der Waals surface area contributed by atoms with Crippen molar-refractivity contribution in [1.29, 1.82) is 0 Å². The van der Waals surface area contributed by atoms with E-state index in [0.717, 1.165) is 42.6 Å². The number of hydrogen-bond acceptors (Lipinski definition) is 4. The Hall–Kier alpha value is -3.35. The maximum Gasteiger partial charge on any atom is 0.194 e. The Morgan fingerprint density at radius 1 is 1.20 bits per heavy atom. The molecule has 0 aliphatic carbocycles. The van der Waals surface area contributed by atoms with Crippen LogP contribution in [0.1, 0.15) is 17.8 Å². The van der Waals surface area contributed by atoms with Gasteiger partial charge in [0.1, 0.15) is 11.6 Å². The van der Waals surface area contributed by atoms with E-state index >= 15 is 0 Å². The number of guanidine groups is 1. The van der Waals surface area contributed by atoms with Gasteiger partial charge in [-0.05, 0) is 48.6 Å². The first-order valence-corrected chi connectivity index (χ1v) is 10.3. The molecular weight excluding hydrogens is 376 g/mol. The van der Waals surface area contributed by atoms with E-state index < -0.39 is 0 Å². The third-order valence-corrected chi connectivity index (χ3v) is 5.46. The van der Waals surface area contributed by atoms with Crippen LogP contribution in [0.5, 0.6) is 5.75 Å². The molecule has 1 unspecified atom stereocenters. The number of benzene rings is 2. The van der Waals surface area contributed by atoms with Crippen molar-refractivity contribution in [2.75, 3.05) is 27.2 Å². The van der Waals surface area contributed by atoms with E-state index in [2.05, 4.69) is 60.7 Å². The van der Waals surface area contributed by atoms with Crippen LogP contribution >= 0.6 is 0 Å². The van der Waals surface area contributed by atoms with Gasteiger partial charge in [-0.3, -0.25) is 10.1 Å². The van der Waals surface area contributed by atoms with Crippen molar-refractivity contribution in [2.45, 2.75) is 19.4 Å². The number of H-pyrrole nitrogens is 1. The van der Waals surface area contributed by atoms with Crippen molar-refractivity contribution in [3.63, 3.8) is 0 Å². The van der Waals surface area contributed by atoms with Crippen LogP contribution in [-0.2, 0) is 13.0 Å². The zero-order valence-electron chi connectivity index (χ0n) is 17.5. The summed E-state index contributed by atoms with van der Waals surface area (Å²) in [6, 6.07) is 18.4. The minimum Gasteiger partial charge on any atom is -0.497 e. The molecule has 0 amide bonds. The van der Waals surface area contributed by atoms with Gasteiger partial charge in [-0.25, -0.2) is 4.98 Å². The Kier molecular flexibility index (Phi) is 6.27. The highest BCUT2D eigenvalue weighted by atomic mass is 16.5. The number of aromatic nitrogens is 3. The fourth-order valence-electron chi connectivity index (χ4n) is 3.88. The Labute approximate surface area is 177 Å². The predicted molar refractivity (Wildman–Crippen MR) is 118 cm³/mol. The molecule has 30 heavy (non-hydrogen) atoms. The minimum atomic E-state index is 0.551. The molecule has 1 saturated heterocycles. The fourth-order valence-corrected chi connectivity index (χ4v) is 3.88. The molecule has 1 fully saturated rings. The highest BCUT2D eigenvalue weighted by Gasteiger charge is 2.25. The smallest absolute Gasteiger partial charge is 0.194 e. The van der Waals surface area contributed by atoms with Gasteiger partial charge in [0.05, 0.1) is 13.7 Å². The first kappa shape index (κ1) is 19.9. The van der Waals surface area contributed by atoms with E-state index in [-0.39, 0.29) is 0 Å². The predicted octanol–water partition coefficient (Wildman–Crippen LogP) is 3.12. The number of aromatic amines is 1. The number of aliphatic imine (C=N–C) groups is 1. The maximum absolute atomic E-state index is 5.20. The SMILES string of the molecule is CN=C(NCc1nc(-c2ccc(OC)cc2)n[nH]1)N1CCC(Cc2ccccc2)C1. The number of hydrogen-bond donors (Lipinski definition) is 2. The van der Waals surface area contributed by atoms with Gasteiger partial charge < -0.3 is 15.0 Å². The average molecular weight is 405 g/mol. The Bertz CT molecular complexity index is 967. The van der Waals surface area contributed by atoms with Gasteiger partial charge in [0.15, 0.2) is 11.8 Å². The average Bonchev–Trinajstić information content (AvgIpc) is 3.45. The fraction of sp³-hybridized carbons (Fsp3) is 0.348. The molecule has 0 bridgehead atoms. The summed E-state index contributed by atoms with van der Waals surface area (Å²) in [6.07, 6.45) is 2.29. The van der Waals surface area contributed by atoms with E-state index in [0.29, 0.717) is 18.3 Å². The lowest BCUT2D eigenvalue weighted by Gasteiger charge is -2.21. The molecule has 1 aliphatic rings. The summed E-state index contributed by atoms with van der Waals surface area (Å²) in [7, 11) is 3.48. The normalized spacial score (nSPS) is 16.7. The summed E-state index contributed by atoms with van der Waals surface area (Å²) in [6.45, 7) is 2.59. The van der Waals surface area contributed by atoms with E-state index in [9.17, 15) is 0 Å². The quantitative estimate of drug-likeness (QED) is 0.488. The zero-order valence-corrected chi connectivity index (χ0v) is 17.5. The van der Waals surface area contributed by atoms with Gasteiger partial charge in [-0.1, -0.05) is 30.3 Å². The van der Waals surface area contributed by atoms with Gasteiger partial charge in [-0.2, -0.15) is 5.10 Å². The van der Waals surface area contributed by atoms with Gasteiger partial charge in [0, 0.05) is 25.7 Å². The summed E-state index contributed by atoms with van der Waals surface area (Å²) in [5, 5.41) is 10.8. The lowest BCUT2D eigenvalue weighted by Crippen LogP contribution is -2.39. The van der Waals surface area contributed by atoms with Crippen molar-refractivity contribution in [3.8, 4) is 17.1 Å². The van der Waals surface area contributed by atoms with Crippen LogP contribution in [0.25, 0.3) is 11.4 Å². The van der Waals surface area contributed by atoms with Gasteiger partial charge >= 0.3 is 0 Å². The number of rotatable bonds is 6. The topological polar surface area (TPSA) is 78.4 Å². The highest BCUT2D eigenvalue weighted by molar-refractivity contribution is 5.80. The molecule has 4 rings (SSSR count). The lowest BCUT2D eigenvalue weighted by atomic mass is 9.99. The lowest BCUT2D eigenvalue weighted by molar-refractivity contribution is 0.415. The Morgan fingerprint density at radius 3 is 2.73 bits per heavy atom. The molecule has 0 spiro atoms. The van der Waals surface area contributed by atoms with Crippen LogP contribution in [0, 0.1) is 5.92 Å². The van der Waals surface area contributed by atoms with Crippen LogP contribution in [-0.4, -0.2) is 53.3 Å². The van der Waals surface area contributed by atoms with Gasteiger partial charge in [-0.15, -0.1) is 0 Å². The third-order valence-electron chi connectivity index (χ3n) is 5.46. The van der Waals surface area contributed by atoms with Crippen molar-refractivity contribution >= 4 is 5.96 Å². The van der Waals surface area contributed by atoms with Gasteiger partial charge in [0.2, 0.25) is 0 Å². The standard InChI is InChI=1S/C23H28N6O/c1-24-23(29-13-12-18(16-29)14-17-6-4-3-5-7-17)25-15-21-26-22(28-27-21)19-8-10-20(30-2)11-9-19/h3-11,18H,12-16H2,1-2H3,(H,24,25)(H,26,27,28). The molecule has 2 aromatic carbocycles. The van der Waals surface area contributed by atoms with Crippen molar-refractivity contribution in [3.05, 3.63) is 66.0 Å². The second-order valence-corrected chi connectivity index (χ2v) is 7.53. The molecule has 3 aromatic rings. The molecule has 2 N–H and O–H groups in total. The molecule has 0 radical (unpaired) electrons. The van der Waals surface area contributed by atoms with E-state index in [4.69, 9.17) is 4.74 Å². The molecule has 2 heterocycles. The summed E-state index contributed by atoms with van der Waals surface area (Å²) in [5.74, 6) is 3.83.